The van der Waals surface area contributed by atoms with E-state index in [2.05, 4.69) is 35.0 Å². The van der Waals surface area contributed by atoms with Crippen molar-refractivity contribution >= 4 is 5.57 Å². The van der Waals surface area contributed by atoms with Crippen LogP contribution in [-0.4, -0.2) is 4.57 Å². The van der Waals surface area contributed by atoms with Crippen molar-refractivity contribution in [2.45, 2.75) is 6.42 Å². The number of allylic oxidation sites excluding steroid dienone is 3. The fourth-order valence-corrected chi connectivity index (χ4v) is 2.53. The van der Waals surface area contributed by atoms with E-state index in [0.29, 0.717) is 0 Å². The molecule has 1 aromatic heterocycles. The molecule has 2 heterocycles. The first-order valence-electron chi connectivity index (χ1n) is 5.77. The highest BCUT2D eigenvalue weighted by Gasteiger charge is 2.20. The molecule has 2 aromatic rings. The zero-order valence-corrected chi connectivity index (χ0v) is 9.26. The monoisotopic (exact) mass is 221 g/mol. The standard InChI is InChI=1S/C15H11NO/c1-2-7-14-13(6-1)16-9-8-11-4-3-5-12(10-17-14)15(11)16/h1-3,5-10H,4H2. The minimum Gasteiger partial charge on any atom is -0.462 e. The first-order chi connectivity index (χ1) is 8.43. The van der Waals surface area contributed by atoms with E-state index in [0.717, 1.165) is 23.4 Å². The maximum atomic E-state index is 5.75. The maximum Gasteiger partial charge on any atom is 0.150 e. The third kappa shape index (κ3) is 1.15. The second-order valence-corrected chi connectivity index (χ2v) is 4.32. The number of para-hydroxylation sites is 2. The zero-order valence-electron chi connectivity index (χ0n) is 9.26. The Hall–Kier alpha value is -2.22. The molecule has 2 nitrogen and oxygen atoms in total. The number of nitrogens with zero attached hydrogens (tertiary/aromatic N) is 1. The molecule has 0 unspecified atom stereocenters. The van der Waals surface area contributed by atoms with Crippen molar-refractivity contribution < 1.29 is 4.74 Å². The summed E-state index contributed by atoms with van der Waals surface area (Å²) in [5, 5.41) is 0. The van der Waals surface area contributed by atoms with Gasteiger partial charge < -0.3 is 9.30 Å². The Balaban J connectivity index is 2.09. The summed E-state index contributed by atoms with van der Waals surface area (Å²) in [6, 6.07) is 10.3. The van der Waals surface area contributed by atoms with Gasteiger partial charge in [-0.1, -0.05) is 24.3 Å². The third-order valence-electron chi connectivity index (χ3n) is 3.32. The van der Waals surface area contributed by atoms with Crippen LogP contribution < -0.4 is 4.74 Å². The zero-order chi connectivity index (χ0) is 11.2. The molecular formula is C15H11NO. The Morgan fingerprint density at radius 1 is 1.12 bits per heavy atom. The van der Waals surface area contributed by atoms with Crippen LogP contribution in [0.25, 0.3) is 11.3 Å². The van der Waals surface area contributed by atoms with E-state index >= 15 is 0 Å². The molecule has 0 bridgehead atoms. The molecule has 0 spiro atoms. The molecule has 1 aliphatic carbocycles. The predicted molar refractivity (Wildman–Crippen MR) is 67.2 cm³/mol. The van der Waals surface area contributed by atoms with Crippen LogP contribution in [0.5, 0.6) is 5.75 Å². The minimum atomic E-state index is 0.904. The van der Waals surface area contributed by atoms with Gasteiger partial charge in [0.2, 0.25) is 0 Å². The average molecular weight is 221 g/mol. The van der Waals surface area contributed by atoms with Gasteiger partial charge in [0.25, 0.3) is 0 Å². The Morgan fingerprint density at radius 3 is 3.06 bits per heavy atom. The first kappa shape index (κ1) is 8.88. The highest BCUT2D eigenvalue weighted by Crippen LogP contribution is 2.35. The summed E-state index contributed by atoms with van der Waals surface area (Å²) in [7, 11) is 0. The van der Waals surface area contributed by atoms with Crippen molar-refractivity contribution in [1.29, 1.82) is 0 Å². The van der Waals surface area contributed by atoms with Crippen LogP contribution in [0.2, 0.25) is 0 Å². The number of fused-ring (bicyclic) bond motifs is 2. The lowest BCUT2D eigenvalue weighted by molar-refractivity contribution is 0.484. The number of hydrogen-bond donors (Lipinski definition) is 0. The summed E-state index contributed by atoms with van der Waals surface area (Å²) in [6.07, 6.45) is 9.28. The Kier molecular flexibility index (Phi) is 1.64. The van der Waals surface area contributed by atoms with Gasteiger partial charge in [0.1, 0.15) is 6.26 Å². The normalized spacial score (nSPS) is 15.4. The van der Waals surface area contributed by atoms with Crippen molar-refractivity contribution in [2.24, 2.45) is 0 Å². The van der Waals surface area contributed by atoms with Gasteiger partial charge in [0.05, 0.1) is 11.4 Å². The van der Waals surface area contributed by atoms with Crippen molar-refractivity contribution in [3.8, 4) is 11.4 Å². The second-order valence-electron chi connectivity index (χ2n) is 4.32. The number of aromatic nitrogens is 1. The number of rotatable bonds is 0. The lowest BCUT2D eigenvalue weighted by Gasteiger charge is -2.12. The molecule has 17 heavy (non-hydrogen) atoms. The second kappa shape index (κ2) is 3.14. The number of hydrogen-bond acceptors (Lipinski definition) is 1. The van der Waals surface area contributed by atoms with Crippen LogP contribution in [0.3, 0.4) is 0 Å². The summed E-state index contributed by atoms with van der Waals surface area (Å²) in [4.78, 5) is 0. The SMILES string of the molecule is C1=CC2=COc3ccccc3-n3ccc(c32)C1. The molecule has 1 aliphatic heterocycles. The Labute approximate surface area is 99.5 Å². The van der Waals surface area contributed by atoms with Gasteiger partial charge in [0, 0.05) is 11.8 Å². The van der Waals surface area contributed by atoms with Gasteiger partial charge in [-0.25, -0.2) is 0 Å². The number of ether oxygens (including phenoxy) is 1. The first-order valence-corrected chi connectivity index (χ1v) is 5.77. The van der Waals surface area contributed by atoms with Gasteiger partial charge in [-0.05, 0) is 30.2 Å². The molecule has 0 radical (unpaired) electrons. The fourth-order valence-electron chi connectivity index (χ4n) is 2.53. The summed E-state index contributed by atoms with van der Waals surface area (Å²) >= 11 is 0. The molecule has 4 rings (SSSR count). The van der Waals surface area contributed by atoms with Crippen LogP contribution in [0.4, 0.5) is 0 Å². The van der Waals surface area contributed by atoms with Crippen LogP contribution in [-0.2, 0) is 6.42 Å². The molecule has 2 heteroatoms. The van der Waals surface area contributed by atoms with E-state index in [1.165, 1.54) is 11.3 Å². The van der Waals surface area contributed by atoms with E-state index in [1.54, 1.807) is 0 Å². The van der Waals surface area contributed by atoms with Crippen LogP contribution in [0.15, 0.2) is 54.9 Å². The van der Waals surface area contributed by atoms with Gasteiger partial charge in [-0.2, -0.15) is 0 Å². The van der Waals surface area contributed by atoms with Crippen molar-refractivity contribution in [3.05, 3.63) is 66.2 Å². The molecule has 0 fully saturated rings. The Morgan fingerprint density at radius 2 is 2.06 bits per heavy atom. The van der Waals surface area contributed by atoms with E-state index in [4.69, 9.17) is 4.74 Å². The van der Waals surface area contributed by atoms with E-state index in [-0.39, 0.29) is 0 Å². The van der Waals surface area contributed by atoms with Crippen LogP contribution >= 0.6 is 0 Å². The molecule has 1 aromatic carbocycles. The minimum absolute atomic E-state index is 0.904. The topological polar surface area (TPSA) is 14.2 Å². The summed E-state index contributed by atoms with van der Waals surface area (Å²) in [6.45, 7) is 0. The Bertz CT molecular complexity index is 661. The molecule has 2 aliphatic rings. The molecular weight excluding hydrogens is 210 g/mol. The molecule has 0 atom stereocenters. The summed E-state index contributed by atoms with van der Waals surface area (Å²) in [5.41, 5.74) is 4.87. The number of benzene rings is 1. The lowest BCUT2D eigenvalue weighted by atomic mass is 10.0. The third-order valence-corrected chi connectivity index (χ3v) is 3.32. The molecule has 0 saturated carbocycles. The largest absolute Gasteiger partial charge is 0.462 e. The van der Waals surface area contributed by atoms with Crippen molar-refractivity contribution in [2.75, 3.05) is 0 Å². The summed E-state index contributed by atoms with van der Waals surface area (Å²) in [5.74, 6) is 0.904. The molecule has 0 N–H and O–H groups in total. The van der Waals surface area contributed by atoms with E-state index in [9.17, 15) is 0 Å². The van der Waals surface area contributed by atoms with Gasteiger partial charge in [-0.3, -0.25) is 0 Å². The average Bonchev–Trinajstić information content (AvgIpc) is 2.73. The molecule has 82 valence electrons. The van der Waals surface area contributed by atoms with Crippen molar-refractivity contribution in [1.82, 2.24) is 4.57 Å². The molecule has 0 saturated heterocycles. The smallest absolute Gasteiger partial charge is 0.150 e. The fraction of sp³-hybridized carbons (Fsp3) is 0.0667. The van der Waals surface area contributed by atoms with Crippen LogP contribution in [0, 0.1) is 0 Å². The summed E-state index contributed by atoms with van der Waals surface area (Å²) < 4.78 is 7.96. The predicted octanol–water partition coefficient (Wildman–Crippen LogP) is 3.32. The molecule has 0 amide bonds. The highest BCUT2D eigenvalue weighted by atomic mass is 16.5. The van der Waals surface area contributed by atoms with Gasteiger partial charge >= 0.3 is 0 Å². The quantitative estimate of drug-likeness (QED) is 0.665. The highest BCUT2D eigenvalue weighted by molar-refractivity contribution is 5.78. The van der Waals surface area contributed by atoms with Gasteiger partial charge in [0.15, 0.2) is 5.75 Å². The van der Waals surface area contributed by atoms with E-state index < -0.39 is 0 Å². The van der Waals surface area contributed by atoms with Crippen LogP contribution in [0.1, 0.15) is 11.3 Å². The van der Waals surface area contributed by atoms with Crippen molar-refractivity contribution in [3.63, 3.8) is 0 Å². The van der Waals surface area contributed by atoms with E-state index in [1.807, 2.05) is 24.5 Å². The maximum absolute atomic E-state index is 5.75. The lowest BCUT2D eigenvalue weighted by Crippen LogP contribution is -2.01. The van der Waals surface area contributed by atoms with Gasteiger partial charge in [-0.15, -0.1) is 0 Å².